The number of hydrogen-bond donors (Lipinski definition) is 1. The van der Waals surface area contributed by atoms with Crippen LogP contribution in [0.25, 0.3) is 10.9 Å². The fourth-order valence-corrected chi connectivity index (χ4v) is 5.01. The summed E-state index contributed by atoms with van der Waals surface area (Å²) in [5, 5.41) is 13.2. The molecule has 3 aromatic rings. The van der Waals surface area contributed by atoms with Crippen LogP contribution >= 0.6 is 11.6 Å². The van der Waals surface area contributed by atoms with Crippen molar-refractivity contribution in [3.8, 4) is 5.75 Å². The molecule has 170 valence electrons. The zero-order valence-electron chi connectivity index (χ0n) is 17.5. The minimum Gasteiger partial charge on any atom is -0.505 e. The van der Waals surface area contributed by atoms with E-state index in [2.05, 4.69) is 5.10 Å². The normalized spacial score (nSPS) is 14.4. The van der Waals surface area contributed by atoms with Crippen molar-refractivity contribution in [2.24, 2.45) is 0 Å². The maximum atomic E-state index is 13.5. The molecular weight excluding hydrogens is 463 g/mol. The van der Waals surface area contributed by atoms with Crippen LogP contribution in [0.3, 0.4) is 0 Å². The molecule has 1 aliphatic heterocycles. The number of likely N-dealkylation sites (N-methyl/N-ethyl adjacent to an activating group) is 1. The van der Waals surface area contributed by atoms with Crippen LogP contribution < -0.4 is 5.56 Å². The van der Waals surface area contributed by atoms with Crippen LogP contribution in [-0.4, -0.2) is 57.5 Å². The summed E-state index contributed by atoms with van der Waals surface area (Å²) in [6, 6.07) is 3.81. The average molecular weight is 483 g/mol. The standard InChI is InChI=1S/C20H20ClFN4O5S/c1-10(2)32(30,31)18-15-14(17(27)16-20(29)24(3)6-7-25(15)16)19(28)26(23-18)9-11-4-5-13(22)12(21)8-11/h4-5,8,10,27H,6-7,9H2,1-3H3. The van der Waals surface area contributed by atoms with Crippen LogP contribution in [0, 0.1) is 5.82 Å². The highest BCUT2D eigenvalue weighted by atomic mass is 35.5. The summed E-state index contributed by atoms with van der Waals surface area (Å²) in [6.07, 6.45) is 0. The third-order valence-electron chi connectivity index (χ3n) is 5.51. The Morgan fingerprint density at radius 3 is 2.56 bits per heavy atom. The first-order valence-corrected chi connectivity index (χ1v) is 11.7. The molecule has 1 aliphatic rings. The second-order valence-corrected chi connectivity index (χ2v) is 10.7. The molecule has 4 rings (SSSR count). The maximum Gasteiger partial charge on any atom is 0.280 e. The van der Waals surface area contributed by atoms with Gasteiger partial charge < -0.3 is 14.6 Å². The van der Waals surface area contributed by atoms with Gasteiger partial charge in [-0.1, -0.05) is 17.7 Å². The minimum absolute atomic E-state index is 0.0916. The number of aromatic hydroxyl groups is 1. The number of nitrogens with zero attached hydrogens (tertiary/aromatic N) is 4. The van der Waals surface area contributed by atoms with Crippen molar-refractivity contribution in [2.45, 2.75) is 37.2 Å². The molecule has 0 fully saturated rings. The number of halogens is 2. The van der Waals surface area contributed by atoms with Gasteiger partial charge in [-0.05, 0) is 31.5 Å². The van der Waals surface area contributed by atoms with E-state index in [4.69, 9.17) is 11.6 Å². The van der Waals surface area contributed by atoms with Gasteiger partial charge in [-0.25, -0.2) is 17.5 Å². The molecule has 0 radical (unpaired) electrons. The van der Waals surface area contributed by atoms with Crippen molar-refractivity contribution >= 4 is 38.2 Å². The Morgan fingerprint density at radius 1 is 1.25 bits per heavy atom. The fourth-order valence-electron chi connectivity index (χ4n) is 3.67. The first-order chi connectivity index (χ1) is 14.9. The van der Waals surface area contributed by atoms with Crippen molar-refractivity contribution in [1.82, 2.24) is 19.2 Å². The quantitative estimate of drug-likeness (QED) is 0.608. The summed E-state index contributed by atoms with van der Waals surface area (Å²) in [7, 11) is -2.47. The first-order valence-electron chi connectivity index (χ1n) is 9.74. The van der Waals surface area contributed by atoms with Crippen molar-refractivity contribution in [2.75, 3.05) is 13.6 Å². The highest BCUT2D eigenvalue weighted by Crippen LogP contribution is 2.36. The second-order valence-electron chi connectivity index (χ2n) is 7.91. The van der Waals surface area contributed by atoms with E-state index < -0.39 is 43.1 Å². The van der Waals surface area contributed by atoms with E-state index in [1.165, 1.54) is 35.4 Å². The summed E-state index contributed by atoms with van der Waals surface area (Å²) in [5.41, 5.74) is -0.628. The van der Waals surface area contributed by atoms with Gasteiger partial charge in [0.15, 0.2) is 11.4 Å². The molecule has 0 saturated heterocycles. The molecule has 0 aliphatic carbocycles. The predicted molar refractivity (Wildman–Crippen MR) is 115 cm³/mol. The van der Waals surface area contributed by atoms with Gasteiger partial charge in [-0.3, -0.25) is 9.59 Å². The third-order valence-corrected chi connectivity index (χ3v) is 7.86. The van der Waals surface area contributed by atoms with E-state index in [1.807, 2.05) is 0 Å². The van der Waals surface area contributed by atoms with Crippen molar-refractivity contribution < 1.29 is 22.7 Å². The number of carbonyl (C=O) groups excluding carboxylic acids is 1. The van der Waals surface area contributed by atoms with E-state index in [0.717, 1.165) is 10.7 Å². The van der Waals surface area contributed by atoms with Crippen molar-refractivity contribution in [1.29, 1.82) is 0 Å². The Kier molecular flexibility index (Phi) is 5.29. The van der Waals surface area contributed by atoms with Gasteiger partial charge in [0, 0.05) is 20.1 Å². The summed E-state index contributed by atoms with van der Waals surface area (Å²) in [4.78, 5) is 27.3. The van der Waals surface area contributed by atoms with Crippen LogP contribution in [0.15, 0.2) is 28.0 Å². The van der Waals surface area contributed by atoms with Gasteiger partial charge in [0.05, 0.1) is 22.3 Å². The highest BCUT2D eigenvalue weighted by molar-refractivity contribution is 7.92. The summed E-state index contributed by atoms with van der Waals surface area (Å²) in [6.45, 7) is 3.18. The molecular formula is C20H20ClFN4O5S. The van der Waals surface area contributed by atoms with Crippen LogP contribution in [0.2, 0.25) is 5.02 Å². The summed E-state index contributed by atoms with van der Waals surface area (Å²) >= 11 is 5.82. The number of amides is 1. The number of aromatic nitrogens is 3. The van der Waals surface area contributed by atoms with Gasteiger partial charge in [0.1, 0.15) is 11.2 Å². The number of benzene rings is 1. The Balaban J connectivity index is 2.07. The van der Waals surface area contributed by atoms with E-state index in [9.17, 15) is 27.5 Å². The van der Waals surface area contributed by atoms with E-state index in [1.54, 1.807) is 7.05 Å². The van der Waals surface area contributed by atoms with Crippen molar-refractivity contribution in [3.63, 3.8) is 0 Å². The molecule has 9 nitrogen and oxygen atoms in total. The zero-order chi connectivity index (χ0) is 23.5. The number of carbonyl (C=O) groups is 1. The molecule has 0 spiro atoms. The number of sulfone groups is 1. The van der Waals surface area contributed by atoms with Gasteiger partial charge in [-0.15, -0.1) is 0 Å². The Morgan fingerprint density at radius 2 is 1.94 bits per heavy atom. The summed E-state index contributed by atoms with van der Waals surface area (Å²) in [5.74, 6) is -1.77. The molecule has 2 aromatic heterocycles. The SMILES string of the molecule is CC(C)S(=O)(=O)c1nn(Cc2ccc(F)c(Cl)c2)c(=O)c2c(O)c3n(c12)CCN(C)C3=O. The van der Waals surface area contributed by atoms with Crippen LogP contribution in [-0.2, 0) is 22.9 Å². The lowest BCUT2D eigenvalue weighted by molar-refractivity contribution is 0.0747. The molecule has 3 heterocycles. The largest absolute Gasteiger partial charge is 0.505 e. The molecule has 0 unspecified atom stereocenters. The van der Waals surface area contributed by atoms with Crippen LogP contribution in [0.1, 0.15) is 29.9 Å². The molecule has 1 amide bonds. The van der Waals surface area contributed by atoms with E-state index >= 15 is 0 Å². The van der Waals surface area contributed by atoms with Crippen LogP contribution in [0.4, 0.5) is 4.39 Å². The zero-order valence-corrected chi connectivity index (χ0v) is 19.0. The molecule has 1 N–H and O–H groups in total. The Labute approximate surface area is 187 Å². The van der Waals surface area contributed by atoms with Gasteiger partial charge in [0.25, 0.3) is 11.5 Å². The molecule has 1 aromatic carbocycles. The number of rotatable bonds is 4. The average Bonchev–Trinajstić information content (AvgIpc) is 3.02. The van der Waals surface area contributed by atoms with Crippen molar-refractivity contribution in [3.05, 3.63) is 50.7 Å². The van der Waals surface area contributed by atoms with Gasteiger partial charge in [0.2, 0.25) is 14.9 Å². The number of hydrogen-bond acceptors (Lipinski definition) is 6. The lowest BCUT2D eigenvalue weighted by Crippen LogP contribution is -2.37. The van der Waals surface area contributed by atoms with Gasteiger partial charge in [-0.2, -0.15) is 5.10 Å². The first kappa shape index (κ1) is 22.3. The monoisotopic (exact) mass is 482 g/mol. The number of fused-ring (bicyclic) bond motifs is 3. The fraction of sp³-hybridized carbons (Fsp3) is 0.350. The van der Waals surface area contributed by atoms with E-state index in [-0.39, 0.29) is 41.3 Å². The van der Waals surface area contributed by atoms with E-state index in [0.29, 0.717) is 5.56 Å². The molecule has 32 heavy (non-hydrogen) atoms. The Bertz CT molecular complexity index is 1440. The minimum atomic E-state index is -4.01. The predicted octanol–water partition coefficient (Wildman–Crippen LogP) is 2.01. The highest BCUT2D eigenvalue weighted by Gasteiger charge is 2.36. The Hall–Kier alpha value is -2.92. The lowest BCUT2D eigenvalue weighted by Gasteiger charge is -2.25. The lowest BCUT2D eigenvalue weighted by atomic mass is 10.2. The van der Waals surface area contributed by atoms with Gasteiger partial charge >= 0.3 is 0 Å². The molecule has 0 bridgehead atoms. The molecule has 0 saturated carbocycles. The van der Waals surface area contributed by atoms with Crippen LogP contribution in [0.5, 0.6) is 5.75 Å². The molecule has 12 heteroatoms. The maximum absolute atomic E-state index is 13.5. The topological polar surface area (TPSA) is 114 Å². The smallest absolute Gasteiger partial charge is 0.280 e. The summed E-state index contributed by atoms with van der Waals surface area (Å²) < 4.78 is 42.1. The molecule has 0 atom stereocenters. The second kappa shape index (κ2) is 7.59. The third kappa shape index (κ3) is 3.27.